The summed E-state index contributed by atoms with van der Waals surface area (Å²) in [6, 6.07) is 71.7. The van der Waals surface area contributed by atoms with Gasteiger partial charge in [0.05, 0.1) is 11.0 Å². The number of aryl methyl sites for hydroxylation is 2. The van der Waals surface area contributed by atoms with E-state index in [0.717, 1.165) is 72.0 Å². The van der Waals surface area contributed by atoms with E-state index in [4.69, 9.17) is 13.8 Å². The molecule has 0 fully saturated rings. The fourth-order valence-electron chi connectivity index (χ4n) is 14.6. The summed E-state index contributed by atoms with van der Waals surface area (Å²) < 4.78 is 18.5. The van der Waals surface area contributed by atoms with Crippen LogP contribution < -0.4 is 5.32 Å². The molecule has 0 spiro atoms. The number of furan rings is 2. The molecule has 5 unspecified atom stereocenters. The third-order valence-electron chi connectivity index (χ3n) is 18.7. The topological polar surface area (TPSA) is 55.6 Å². The molecule has 404 valence electrons. The van der Waals surface area contributed by atoms with Gasteiger partial charge in [0.25, 0.3) is 0 Å². The number of aromatic nitrogens is 1. The van der Waals surface area contributed by atoms with Crippen LogP contribution in [-0.4, -0.2) is 10.3 Å². The second-order valence-electron chi connectivity index (χ2n) is 23.3. The maximum Gasteiger partial charge on any atom is 0.135 e. The Morgan fingerprint density at radius 1 is 0.627 bits per heavy atom. The molecule has 9 aromatic carbocycles. The highest BCUT2D eigenvalue weighted by Crippen LogP contribution is 2.47. The lowest BCUT2D eigenvalue weighted by Gasteiger charge is -2.29. The maximum absolute atomic E-state index is 6.86. The lowest BCUT2D eigenvalue weighted by molar-refractivity contribution is 0.342. The van der Waals surface area contributed by atoms with Crippen molar-refractivity contribution in [1.82, 2.24) is 9.88 Å². The Hall–Kier alpha value is -8.81. The molecule has 83 heavy (non-hydrogen) atoms. The van der Waals surface area contributed by atoms with E-state index in [1.54, 1.807) is 0 Å². The number of allylic oxidation sites excluding steroid dienone is 6. The molecule has 5 nitrogen and oxygen atoms in total. The molecular weight excluding hydrogens is 1030 g/mol. The fourth-order valence-corrected chi connectivity index (χ4v) is 15.8. The van der Waals surface area contributed by atoms with Gasteiger partial charge in [-0.2, -0.15) is 0 Å². The lowest BCUT2D eigenvalue weighted by atomic mass is 9.79. The van der Waals surface area contributed by atoms with Crippen LogP contribution in [0.2, 0.25) is 0 Å². The second-order valence-corrected chi connectivity index (χ2v) is 24.4. The van der Waals surface area contributed by atoms with Crippen molar-refractivity contribution in [3.8, 4) is 22.3 Å². The van der Waals surface area contributed by atoms with Crippen LogP contribution in [0.1, 0.15) is 97.7 Å². The normalized spacial score (nSPS) is 18.8. The molecule has 0 radical (unpaired) electrons. The van der Waals surface area contributed by atoms with Crippen LogP contribution in [-0.2, 0) is 6.42 Å². The van der Waals surface area contributed by atoms with Gasteiger partial charge in [0.15, 0.2) is 0 Å². The minimum absolute atomic E-state index is 0.0235. The Labute approximate surface area is 487 Å². The number of nitrogens with one attached hydrogen (secondary N) is 1. The van der Waals surface area contributed by atoms with Crippen molar-refractivity contribution < 1.29 is 8.83 Å². The first kappa shape index (κ1) is 50.0. The van der Waals surface area contributed by atoms with Gasteiger partial charge in [-0.1, -0.05) is 178 Å². The van der Waals surface area contributed by atoms with E-state index in [1.807, 2.05) is 11.3 Å². The fraction of sp³-hybridized carbons (Fsp3) is 0.182. The van der Waals surface area contributed by atoms with E-state index in [1.165, 1.54) is 114 Å². The molecule has 0 saturated heterocycles. The zero-order valence-electron chi connectivity index (χ0n) is 47.0. The smallest absolute Gasteiger partial charge is 0.135 e. The largest absolute Gasteiger partial charge is 0.456 e. The number of aliphatic imine (C=N–C) groups is 1. The molecular formula is C77H63N3O2S. The van der Waals surface area contributed by atoms with Crippen LogP contribution in [0.4, 0.5) is 0 Å². The Morgan fingerprint density at radius 2 is 1.36 bits per heavy atom. The van der Waals surface area contributed by atoms with Gasteiger partial charge in [0, 0.05) is 82.0 Å². The molecule has 0 saturated carbocycles. The van der Waals surface area contributed by atoms with Crippen molar-refractivity contribution >= 4 is 103 Å². The summed E-state index contributed by atoms with van der Waals surface area (Å²) in [6.07, 6.45) is 15.1. The van der Waals surface area contributed by atoms with E-state index in [2.05, 4.69) is 249 Å². The molecule has 4 aromatic heterocycles. The third-order valence-corrected chi connectivity index (χ3v) is 19.9. The van der Waals surface area contributed by atoms with Gasteiger partial charge in [-0.05, 0) is 156 Å². The average Bonchev–Trinajstić information content (AvgIpc) is 3.32. The zero-order chi connectivity index (χ0) is 55.3. The van der Waals surface area contributed by atoms with E-state index >= 15 is 0 Å². The summed E-state index contributed by atoms with van der Waals surface area (Å²) in [4.78, 5) is 5.96. The van der Waals surface area contributed by atoms with Crippen LogP contribution in [0.5, 0.6) is 0 Å². The van der Waals surface area contributed by atoms with Crippen molar-refractivity contribution in [2.24, 2.45) is 16.8 Å². The summed E-state index contributed by atoms with van der Waals surface area (Å²) in [6.45, 7) is 6.94. The van der Waals surface area contributed by atoms with Crippen LogP contribution in [0.15, 0.2) is 232 Å². The highest BCUT2D eigenvalue weighted by Gasteiger charge is 2.35. The summed E-state index contributed by atoms with van der Waals surface area (Å²) in [5.41, 5.74) is 20.4. The van der Waals surface area contributed by atoms with Gasteiger partial charge < -0.3 is 13.4 Å². The quantitative estimate of drug-likeness (QED) is 0.148. The molecule has 6 heteroatoms. The molecule has 2 aliphatic carbocycles. The molecule has 5 heterocycles. The number of benzene rings is 9. The first-order valence-corrected chi connectivity index (χ1v) is 30.7. The summed E-state index contributed by atoms with van der Waals surface area (Å²) in [5, 5.41) is 13.0. The monoisotopic (exact) mass is 1090 g/mol. The first-order valence-electron chi connectivity index (χ1n) is 29.9. The summed E-state index contributed by atoms with van der Waals surface area (Å²) >= 11 is 1.87. The van der Waals surface area contributed by atoms with Gasteiger partial charge in [-0.15, -0.1) is 11.3 Å². The molecule has 1 aliphatic heterocycles. The summed E-state index contributed by atoms with van der Waals surface area (Å²) in [5.74, 6) is 1.72. The van der Waals surface area contributed by atoms with Gasteiger partial charge >= 0.3 is 0 Å². The van der Waals surface area contributed by atoms with Crippen LogP contribution in [0.3, 0.4) is 0 Å². The molecule has 0 amide bonds. The zero-order valence-corrected chi connectivity index (χ0v) is 47.8. The SMILES string of the molecule is CCC(C1=NC(c2ccc3c(c2)sc2ccccc23)NC(c2cccc3oc4ccc(-c5ccc6c(c5)c5ccccc5n6C5=CCC(C6=CCCc7c6oc6ccccc76)C=C5)cc4c23)C(CC)C1)c1ccccc1-c1ccccc1C. The Kier molecular flexibility index (Phi) is 12.2. The van der Waals surface area contributed by atoms with Crippen LogP contribution in [0, 0.1) is 18.8 Å². The van der Waals surface area contributed by atoms with Gasteiger partial charge in [0.1, 0.15) is 28.7 Å². The van der Waals surface area contributed by atoms with Crippen LogP contribution in [0.25, 0.3) is 108 Å². The second kappa shape index (κ2) is 20.3. The Balaban J connectivity index is 0.776. The van der Waals surface area contributed by atoms with Crippen molar-refractivity contribution in [1.29, 1.82) is 0 Å². The molecule has 1 N–H and O–H groups in total. The van der Waals surface area contributed by atoms with Crippen molar-refractivity contribution in [2.75, 3.05) is 0 Å². The standard InChI is InChI=1S/C77H63N3O2S/c1-4-47-44-66(53(5-2)56-20-8-9-21-57(56)54-19-7-6-18-46(54)3)78-77(51-34-39-61-60-24-12-15-31-72(60)83-73(61)45-51)79-75(47)63-27-17-30-71-74(63)65-43-50(36-41-70(65)81-71)49-35-40-68-64(42-49)58-22-10-13-28-67(58)80(68)52-37-32-48(33-38-52)55-25-16-26-62-59-23-11-14-29-69(59)82-76(55)62/h6-15,17-25,27-32,34-43,45,47-48,53,75,77,79H,4-5,16,26,33,44H2,1-3H3. The van der Waals surface area contributed by atoms with Gasteiger partial charge in [-0.3, -0.25) is 10.3 Å². The van der Waals surface area contributed by atoms with E-state index < -0.39 is 0 Å². The highest BCUT2D eigenvalue weighted by molar-refractivity contribution is 7.25. The molecule has 5 atom stereocenters. The molecule has 16 rings (SSSR count). The predicted molar refractivity (Wildman–Crippen MR) is 350 cm³/mol. The average molecular weight is 1090 g/mol. The number of hydrogen-bond acceptors (Lipinski definition) is 5. The van der Waals surface area contributed by atoms with Gasteiger partial charge in [-0.25, -0.2) is 0 Å². The predicted octanol–water partition coefficient (Wildman–Crippen LogP) is 21.3. The number of fused-ring (bicyclic) bond motifs is 12. The number of nitrogens with zero attached hydrogens (tertiary/aromatic N) is 2. The first-order chi connectivity index (χ1) is 41.0. The number of rotatable bonds is 10. The van der Waals surface area contributed by atoms with Crippen LogP contribution >= 0.6 is 11.3 Å². The minimum atomic E-state index is -0.278. The lowest BCUT2D eigenvalue weighted by Crippen LogP contribution is -2.29. The summed E-state index contributed by atoms with van der Waals surface area (Å²) in [7, 11) is 0. The molecule has 13 aromatic rings. The van der Waals surface area contributed by atoms with E-state index in [0.29, 0.717) is 0 Å². The maximum atomic E-state index is 6.86. The van der Waals surface area contributed by atoms with Crippen molar-refractivity contribution in [3.05, 3.63) is 252 Å². The van der Waals surface area contributed by atoms with E-state index in [9.17, 15) is 0 Å². The number of para-hydroxylation sites is 2. The number of thiophene rings is 1. The number of hydrogen-bond donors (Lipinski definition) is 1. The van der Waals surface area contributed by atoms with E-state index in [-0.39, 0.29) is 30.0 Å². The van der Waals surface area contributed by atoms with Crippen molar-refractivity contribution in [3.63, 3.8) is 0 Å². The minimum Gasteiger partial charge on any atom is -0.456 e. The molecule has 3 aliphatic rings. The van der Waals surface area contributed by atoms with Crippen molar-refractivity contribution in [2.45, 2.75) is 77.4 Å². The Bertz CT molecular complexity index is 4880. The third kappa shape index (κ3) is 8.32. The Morgan fingerprint density at radius 3 is 2.22 bits per heavy atom. The highest BCUT2D eigenvalue weighted by atomic mass is 32.1. The van der Waals surface area contributed by atoms with Gasteiger partial charge in [0.2, 0.25) is 0 Å². The molecule has 0 bridgehead atoms.